The monoisotopic (exact) mass is 256 g/mol. The molecule has 2 aromatic rings. The Labute approximate surface area is 114 Å². The van der Waals surface area contributed by atoms with E-state index in [2.05, 4.69) is 10.9 Å². The third-order valence-corrected chi connectivity index (χ3v) is 2.64. The highest BCUT2D eigenvalue weighted by molar-refractivity contribution is 5.87. The van der Waals surface area contributed by atoms with Crippen LogP contribution in [-0.2, 0) is 6.54 Å². The first-order valence-corrected chi connectivity index (χ1v) is 6.40. The van der Waals surface area contributed by atoms with Crippen LogP contribution in [0.1, 0.15) is 19.4 Å². The maximum Gasteiger partial charge on any atom is 0.141 e. The molecule has 3 heteroatoms. The van der Waals surface area contributed by atoms with Crippen molar-refractivity contribution in [1.82, 2.24) is 9.88 Å². The van der Waals surface area contributed by atoms with Crippen molar-refractivity contribution in [1.29, 1.82) is 0 Å². The summed E-state index contributed by atoms with van der Waals surface area (Å²) < 4.78 is 0. The van der Waals surface area contributed by atoms with Gasteiger partial charge in [-0.05, 0) is 24.7 Å². The summed E-state index contributed by atoms with van der Waals surface area (Å²) in [4.78, 5) is 6.23. The quantitative estimate of drug-likeness (QED) is 0.858. The zero-order chi connectivity index (χ0) is 14.3. The van der Waals surface area contributed by atoms with E-state index >= 15 is 0 Å². The molecular formula is C16H20N2O. The Morgan fingerprint density at radius 2 is 2.05 bits per heavy atom. The lowest BCUT2D eigenvalue weighted by Gasteiger charge is -2.15. The molecule has 0 unspecified atom stereocenters. The third kappa shape index (κ3) is 3.70. The molecule has 0 aliphatic rings. The number of phenols is 1. The molecule has 0 aliphatic heterocycles. The number of aromatic nitrogens is 1. The minimum absolute atomic E-state index is 0.212. The van der Waals surface area contributed by atoms with E-state index in [1.165, 1.54) is 0 Å². The van der Waals surface area contributed by atoms with Crippen LogP contribution in [0.2, 0.25) is 0 Å². The van der Waals surface area contributed by atoms with Gasteiger partial charge in [0.15, 0.2) is 0 Å². The average Bonchev–Trinajstić information content (AvgIpc) is 2.45. The number of hydrogen-bond donors (Lipinski definition) is 1. The number of rotatable bonds is 3. The zero-order valence-electron chi connectivity index (χ0n) is 11.7. The first-order valence-electron chi connectivity index (χ1n) is 6.40. The first-order chi connectivity index (χ1) is 9.22. The van der Waals surface area contributed by atoms with E-state index in [0.29, 0.717) is 12.1 Å². The van der Waals surface area contributed by atoms with Gasteiger partial charge < -0.3 is 5.11 Å². The Morgan fingerprint density at radius 3 is 2.74 bits per heavy atom. The van der Waals surface area contributed by atoms with E-state index in [1.54, 1.807) is 12.3 Å². The summed E-state index contributed by atoms with van der Waals surface area (Å²) in [6, 6.07) is 7.41. The average molecular weight is 256 g/mol. The number of aromatic hydroxyl groups is 1. The Kier molecular flexibility index (Phi) is 5.84. The van der Waals surface area contributed by atoms with Gasteiger partial charge in [0.1, 0.15) is 11.3 Å². The number of hydrogen-bond acceptors (Lipinski definition) is 3. The number of fused-ring (bicyclic) bond motifs is 1. The lowest BCUT2D eigenvalue weighted by Crippen LogP contribution is -2.17. The first kappa shape index (κ1) is 15.0. The van der Waals surface area contributed by atoms with E-state index in [4.69, 9.17) is 6.42 Å². The molecule has 3 nitrogen and oxygen atoms in total. The molecule has 0 fully saturated rings. The SMILES string of the molecule is C#CCN(C)Cc1ccc(O)c2ncccc12.CC. The normalized spacial score (nSPS) is 9.84. The molecule has 0 spiro atoms. The van der Waals surface area contributed by atoms with E-state index in [1.807, 2.05) is 44.0 Å². The second-order valence-electron chi connectivity index (χ2n) is 4.02. The van der Waals surface area contributed by atoms with Gasteiger partial charge in [0.05, 0.1) is 6.54 Å². The molecule has 2 rings (SSSR count). The molecular weight excluding hydrogens is 236 g/mol. The maximum atomic E-state index is 9.72. The van der Waals surface area contributed by atoms with Crippen molar-refractivity contribution in [2.24, 2.45) is 0 Å². The molecule has 0 atom stereocenters. The van der Waals surface area contributed by atoms with Crippen LogP contribution >= 0.6 is 0 Å². The molecule has 0 saturated carbocycles. The van der Waals surface area contributed by atoms with Gasteiger partial charge >= 0.3 is 0 Å². The fourth-order valence-electron chi connectivity index (χ4n) is 1.86. The second kappa shape index (κ2) is 7.40. The summed E-state index contributed by atoms with van der Waals surface area (Å²) in [5, 5.41) is 10.7. The summed E-state index contributed by atoms with van der Waals surface area (Å²) in [5.74, 6) is 2.82. The summed E-state index contributed by atoms with van der Waals surface area (Å²) >= 11 is 0. The van der Waals surface area contributed by atoms with Crippen LogP contribution in [0, 0.1) is 12.3 Å². The molecule has 0 aliphatic carbocycles. The highest BCUT2D eigenvalue weighted by atomic mass is 16.3. The van der Waals surface area contributed by atoms with Crippen LogP contribution in [0.5, 0.6) is 5.75 Å². The van der Waals surface area contributed by atoms with Crippen molar-refractivity contribution in [3.8, 4) is 18.1 Å². The minimum Gasteiger partial charge on any atom is -0.506 e. The van der Waals surface area contributed by atoms with E-state index in [-0.39, 0.29) is 5.75 Å². The van der Waals surface area contributed by atoms with Gasteiger partial charge in [0.25, 0.3) is 0 Å². The van der Waals surface area contributed by atoms with Crippen LogP contribution in [0.4, 0.5) is 0 Å². The van der Waals surface area contributed by atoms with Gasteiger partial charge in [-0.3, -0.25) is 9.88 Å². The Bertz CT molecular complexity index is 572. The molecule has 1 aromatic carbocycles. The predicted octanol–water partition coefficient (Wildman–Crippen LogP) is 3.03. The topological polar surface area (TPSA) is 36.4 Å². The van der Waals surface area contributed by atoms with Gasteiger partial charge in [-0.2, -0.15) is 0 Å². The van der Waals surface area contributed by atoms with Crippen molar-refractivity contribution in [2.45, 2.75) is 20.4 Å². The van der Waals surface area contributed by atoms with Gasteiger partial charge in [0, 0.05) is 18.1 Å². The maximum absolute atomic E-state index is 9.72. The van der Waals surface area contributed by atoms with Crippen LogP contribution in [0.25, 0.3) is 10.9 Å². The standard InChI is InChI=1S/C14H14N2O.C2H6/c1-3-9-16(2)10-11-6-7-13(17)14-12(11)5-4-8-15-14;1-2/h1,4-8,17H,9-10H2,2H3;1-2H3. The fourth-order valence-corrected chi connectivity index (χ4v) is 1.86. The summed E-state index contributed by atoms with van der Waals surface area (Å²) in [7, 11) is 1.97. The van der Waals surface area contributed by atoms with Crippen LogP contribution in [0.3, 0.4) is 0 Å². The highest BCUT2D eigenvalue weighted by Gasteiger charge is 2.07. The van der Waals surface area contributed by atoms with E-state index in [9.17, 15) is 5.11 Å². The summed E-state index contributed by atoms with van der Waals surface area (Å²) in [6.07, 6.45) is 6.95. The molecule has 0 bridgehead atoms. The van der Waals surface area contributed by atoms with Gasteiger partial charge in [-0.1, -0.05) is 31.9 Å². The van der Waals surface area contributed by atoms with Gasteiger partial charge in [-0.15, -0.1) is 6.42 Å². The van der Waals surface area contributed by atoms with Crippen molar-refractivity contribution in [2.75, 3.05) is 13.6 Å². The number of terminal acetylenes is 1. The largest absolute Gasteiger partial charge is 0.506 e. The molecule has 1 heterocycles. The highest BCUT2D eigenvalue weighted by Crippen LogP contribution is 2.25. The lowest BCUT2D eigenvalue weighted by molar-refractivity contribution is 0.370. The molecule has 0 radical (unpaired) electrons. The van der Waals surface area contributed by atoms with E-state index < -0.39 is 0 Å². The predicted molar refractivity (Wildman–Crippen MR) is 79.9 cm³/mol. The van der Waals surface area contributed by atoms with Crippen molar-refractivity contribution >= 4 is 10.9 Å². The summed E-state index contributed by atoms with van der Waals surface area (Å²) in [5.41, 5.74) is 1.75. The number of benzene rings is 1. The van der Waals surface area contributed by atoms with Gasteiger partial charge in [-0.25, -0.2) is 0 Å². The molecule has 1 aromatic heterocycles. The third-order valence-electron chi connectivity index (χ3n) is 2.64. The van der Waals surface area contributed by atoms with Crippen LogP contribution in [-0.4, -0.2) is 28.6 Å². The molecule has 1 N–H and O–H groups in total. The van der Waals surface area contributed by atoms with Crippen molar-refractivity contribution in [3.05, 3.63) is 36.0 Å². The van der Waals surface area contributed by atoms with E-state index in [0.717, 1.165) is 17.5 Å². The zero-order valence-corrected chi connectivity index (χ0v) is 11.7. The number of nitrogens with zero attached hydrogens (tertiary/aromatic N) is 2. The second-order valence-corrected chi connectivity index (χ2v) is 4.02. The fraction of sp³-hybridized carbons (Fsp3) is 0.312. The van der Waals surface area contributed by atoms with Crippen LogP contribution in [0.15, 0.2) is 30.5 Å². The molecule has 19 heavy (non-hydrogen) atoms. The lowest BCUT2D eigenvalue weighted by atomic mass is 10.1. The number of phenolic OH excluding ortho intramolecular Hbond substituents is 1. The van der Waals surface area contributed by atoms with Crippen LogP contribution < -0.4 is 0 Å². The molecule has 0 saturated heterocycles. The van der Waals surface area contributed by atoms with Crippen molar-refractivity contribution in [3.63, 3.8) is 0 Å². The number of pyridine rings is 1. The Morgan fingerprint density at radius 1 is 1.32 bits per heavy atom. The smallest absolute Gasteiger partial charge is 0.141 e. The Balaban J connectivity index is 0.000000861. The molecule has 0 amide bonds. The minimum atomic E-state index is 0.212. The summed E-state index contributed by atoms with van der Waals surface area (Å²) in [6.45, 7) is 5.34. The molecule has 100 valence electrons. The van der Waals surface area contributed by atoms with Crippen molar-refractivity contribution < 1.29 is 5.11 Å². The van der Waals surface area contributed by atoms with Gasteiger partial charge in [0.2, 0.25) is 0 Å². The Hall–Kier alpha value is -2.05.